The zero-order valence-electron chi connectivity index (χ0n) is 19.2. The Morgan fingerprint density at radius 2 is 1.64 bits per heavy atom. The minimum atomic E-state index is -0.380. The summed E-state index contributed by atoms with van der Waals surface area (Å²) in [7, 11) is 0. The Balaban J connectivity index is 1.52. The van der Waals surface area contributed by atoms with E-state index in [9.17, 15) is 14.4 Å². The zero-order chi connectivity index (χ0) is 25.2. The van der Waals surface area contributed by atoms with Crippen molar-refractivity contribution in [3.8, 4) is 5.69 Å². The molecule has 7 nitrogen and oxygen atoms in total. The van der Waals surface area contributed by atoms with Crippen LogP contribution in [0, 0.1) is 0 Å². The van der Waals surface area contributed by atoms with Crippen molar-refractivity contribution < 1.29 is 9.59 Å². The molecule has 0 bridgehead atoms. The summed E-state index contributed by atoms with van der Waals surface area (Å²) < 4.78 is 3.72. The SMILES string of the molecule is O=C(NCc1ccccc1)c1c2n(c(=O)n1-c1ccccc1)CCN(C(=O)c1ccc(Br)c(Cl)c1)C2. The van der Waals surface area contributed by atoms with Crippen LogP contribution in [0.25, 0.3) is 5.69 Å². The predicted octanol–water partition coefficient (Wildman–Crippen LogP) is 4.64. The molecular formula is C27H22BrClN4O3. The third kappa shape index (κ3) is 4.62. The van der Waals surface area contributed by atoms with Crippen molar-refractivity contribution in [2.24, 2.45) is 0 Å². The molecule has 0 saturated carbocycles. The molecule has 2 amide bonds. The lowest BCUT2D eigenvalue weighted by molar-refractivity contribution is 0.0706. The maximum absolute atomic E-state index is 13.5. The highest BCUT2D eigenvalue weighted by molar-refractivity contribution is 9.10. The molecule has 0 fully saturated rings. The summed E-state index contributed by atoms with van der Waals surface area (Å²) in [5.41, 5.74) is 2.39. The fourth-order valence-electron chi connectivity index (χ4n) is 4.36. The predicted molar refractivity (Wildman–Crippen MR) is 142 cm³/mol. The summed E-state index contributed by atoms with van der Waals surface area (Å²) in [4.78, 5) is 41.9. The van der Waals surface area contributed by atoms with Crippen LogP contribution in [0.5, 0.6) is 0 Å². The fraction of sp³-hybridized carbons (Fsp3) is 0.148. The first-order valence-electron chi connectivity index (χ1n) is 11.4. The molecule has 0 spiro atoms. The number of carbonyl (C=O) groups excluding carboxylic acids is 2. The largest absolute Gasteiger partial charge is 0.347 e. The molecular weight excluding hydrogens is 544 g/mol. The quantitative estimate of drug-likeness (QED) is 0.383. The molecule has 1 aliphatic rings. The second-order valence-corrected chi connectivity index (χ2v) is 9.69. The van der Waals surface area contributed by atoms with Crippen LogP contribution in [0.4, 0.5) is 0 Å². The minimum Gasteiger partial charge on any atom is -0.347 e. The number of nitrogens with zero attached hydrogens (tertiary/aromatic N) is 3. The van der Waals surface area contributed by atoms with Crippen molar-refractivity contribution in [1.82, 2.24) is 19.4 Å². The summed E-state index contributed by atoms with van der Waals surface area (Å²) in [6.45, 7) is 1.05. The van der Waals surface area contributed by atoms with Gasteiger partial charge in [-0.3, -0.25) is 18.7 Å². The van der Waals surface area contributed by atoms with Gasteiger partial charge >= 0.3 is 5.69 Å². The van der Waals surface area contributed by atoms with Gasteiger partial charge in [0.05, 0.1) is 22.9 Å². The Hall–Kier alpha value is -3.62. The lowest BCUT2D eigenvalue weighted by Crippen LogP contribution is -2.41. The van der Waals surface area contributed by atoms with Crippen LogP contribution < -0.4 is 11.0 Å². The maximum Gasteiger partial charge on any atom is 0.333 e. The van der Waals surface area contributed by atoms with Gasteiger partial charge in [-0.25, -0.2) is 4.79 Å². The van der Waals surface area contributed by atoms with Crippen LogP contribution >= 0.6 is 27.5 Å². The molecule has 1 N–H and O–H groups in total. The highest BCUT2D eigenvalue weighted by Crippen LogP contribution is 2.26. The number of imidazole rings is 1. The summed E-state index contributed by atoms with van der Waals surface area (Å²) in [6.07, 6.45) is 0. The van der Waals surface area contributed by atoms with Crippen LogP contribution in [-0.4, -0.2) is 32.4 Å². The molecule has 182 valence electrons. The first-order valence-corrected chi connectivity index (χ1v) is 12.6. The lowest BCUT2D eigenvalue weighted by Gasteiger charge is -2.28. The number of nitrogens with one attached hydrogen (secondary N) is 1. The van der Waals surface area contributed by atoms with E-state index in [0.29, 0.717) is 39.5 Å². The van der Waals surface area contributed by atoms with E-state index < -0.39 is 0 Å². The maximum atomic E-state index is 13.5. The molecule has 0 atom stereocenters. The number of para-hydroxylation sites is 1. The molecule has 0 unspecified atom stereocenters. The van der Waals surface area contributed by atoms with Gasteiger partial charge in [0.25, 0.3) is 11.8 Å². The van der Waals surface area contributed by atoms with Gasteiger partial charge in [0.1, 0.15) is 5.69 Å². The molecule has 36 heavy (non-hydrogen) atoms. The molecule has 1 aromatic heterocycles. The molecule has 3 aromatic carbocycles. The van der Waals surface area contributed by atoms with E-state index in [-0.39, 0.29) is 36.3 Å². The highest BCUT2D eigenvalue weighted by atomic mass is 79.9. The number of hydrogen-bond donors (Lipinski definition) is 1. The van der Waals surface area contributed by atoms with Crippen LogP contribution in [0.1, 0.15) is 32.1 Å². The normalized spacial score (nSPS) is 12.8. The van der Waals surface area contributed by atoms with Gasteiger partial charge in [-0.1, -0.05) is 60.1 Å². The topological polar surface area (TPSA) is 76.3 Å². The number of fused-ring (bicyclic) bond motifs is 1. The number of amides is 2. The van der Waals surface area contributed by atoms with E-state index in [1.807, 2.05) is 48.5 Å². The highest BCUT2D eigenvalue weighted by Gasteiger charge is 2.32. The Bertz CT molecular complexity index is 1500. The van der Waals surface area contributed by atoms with E-state index in [0.717, 1.165) is 5.56 Å². The number of hydrogen-bond acceptors (Lipinski definition) is 3. The van der Waals surface area contributed by atoms with Gasteiger partial charge in [-0.2, -0.15) is 0 Å². The van der Waals surface area contributed by atoms with E-state index in [2.05, 4.69) is 21.2 Å². The standard InChI is InChI=1S/C27H22BrClN4O3/c28-21-12-11-19(15-22(21)29)26(35)31-13-14-32-23(17-31)24(25(34)30-16-18-7-3-1-4-8-18)33(27(32)36)20-9-5-2-6-10-20/h1-12,15H,13-14,16-17H2,(H,30,34). The Labute approximate surface area is 221 Å². The third-order valence-corrected chi connectivity index (χ3v) is 7.39. The molecule has 0 radical (unpaired) electrons. The first kappa shape index (κ1) is 24.1. The Kier molecular flexibility index (Phi) is 6.80. The van der Waals surface area contributed by atoms with Crippen LogP contribution in [0.2, 0.25) is 5.02 Å². The van der Waals surface area contributed by atoms with Crippen LogP contribution in [0.15, 0.2) is 88.1 Å². The molecule has 0 saturated heterocycles. The van der Waals surface area contributed by atoms with Crippen molar-refractivity contribution >= 4 is 39.3 Å². The number of aromatic nitrogens is 2. The minimum absolute atomic E-state index is 0.121. The molecule has 1 aliphatic heterocycles. The zero-order valence-corrected chi connectivity index (χ0v) is 21.5. The van der Waals surface area contributed by atoms with Crippen LogP contribution in [-0.2, 0) is 19.6 Å². The number of rotatable bonds is 5. The monoisotopic (exact) mass is 564 g/mol. The molecule has 0 aliphatic carbocycles. The average Bonchev–Trinajstić information content (AvgIpc) is 3.21. The molecule has 2 heterocycles. The van der Waals surface area contributed by atoms with Crippen molar-refractivity contribution in [1.29, 1.82) is 0 Å². The van der Waals surface area contributed by atoms with Gasteiger partial charge in [0.15, 0.2) is 0 Å². The Morgan fingerprint density at radius 3 is 2.33 bits per heavy atom. The van der Waals surface area contributed by atoms with Crippen molar-refractivity contribution in [2.75, 3.05) is 6.54 Å². The fourth-order valence-corrected chi connectivity index (χ4v) is 4.78. The number of benzene rings is 3. The smallest absolute Gasteiger partial charge is 0.333 e. The third-order valence-electron chi connectivity index (χ3n) is 6.16. The van der Waals surface area contributed by atoms with Gasteiger partial charge in [-0.05, 0) is 51.8 Å². The van der Waals surface area contributed by atoms with Gasteiger partial charge < -0.3 is 10.2 Å². The van der Waals surface area contributed by atoms with Crippen molar-refractivity contribution in [3.63, 3.8) is 0 Å². The number of carbonyl (C=O) groups is 2. The summed E-state index contributed by atoms with van der Waals surface area (Å²) in [6, 6.07) is 23.6. The van der Waals surface area contributed by atoms with Crippen LogP contribution in [0.3, 0.4) is 0 Å². The summed E-state index contributed by atoms with van der Waals surface area (Å²) in [5.74, 6) is -0.597. The van der Waals surface area contributed by atoms with E-state index in [1.54, 1.807) is 39.8 Å². The van der Waals surface area contributed by atoms with Gasteiger partial charge in [-0.15, -0.1) is 0 Å². The molecule has 5 rings (SSSR count). The number of halogens is 2. The van der Waals surface area contributed by atoms with E-state index >= 15 is 0 Å². The summed E-state index contributed by atoms with van der Waals surface area (Å²) >= 11 is 9.55. The molecule has 9 heteroatoms. The second-order valence-electron chi connectivity index (χ2n) is 8.42. The first-order chi connectivity index (χ1) is 17.4. The molecule has 4 aromatic rings. The van der Waals surface area contributed by atoms with Gasteiger partial charge in [0.2, 0.25) is 0 Å². The van der Waals surface area contributed by atoms with Gasteiger partial charge in [0, 0.05) is 29.7 Å². The Morgan fingerprint density at radius 1 is 0.944 bits per heavy atom. The van der Waals surface area contributed by atoms with Crippen molar-refractivity contribution in [3.05, 3.63) is 121 Å². The van der Waals surface area contributed by atoms with Crippen molar-refractivity contribution in [2.45, 2.75) is 19.6 Å². The second kappa shape index (κ2) is 10.2. The van der Waals surface area contributed by atoms with E-state index in [1.165, 1.54) is 4.57 Å². The van der Waals surface area contributed by atoms with E-state index in [4.69, 9.17) is 11.6 Å². The lowest BCUT2D eigenvalue weighted by atomic mass is 10.1. The summed E-state index contributed by atoms with van der Waals surface area (Å²) in [5, 5.41) is 3.38. The average molecular weight is 566 g/mol.